The van der Waals surface area contributed by atoms with Crippen molar-refractivity contribution >= 4 is 29.1 Å². The second kappa shape index (κ2) is 10.2. The molecule has 0 radical (unpaired) electrons. The summed E-state index contributed by atoms with van der Waals surface area (Å²) < 4.78 is 13.3. The molecule has 1 saturated heterocycles. The molecule has 1 N–H and O–H groups in total. The Hall–Kier alpha value is -1.66. The molecular weight excluding hydrogens is 381 g/mol. The predicted octanol–water partition coefficient (Wildman–Crippen LogP) is 3.56. The molecule has 2 amide bonds. The number of anilines is 1. The van der Waals surface area contributed by atoms with Gasteiger partial charge in [0.2, 0.25) is 11.8 Å². The molecule has 0 bridgehead atoms. The Balaban J connectivity index is 1.87. The Morgan fingerprint density at radius 2 is 1.93 bits per heavy atom. The maximum Gasteiger partial charge on any atom is 0.227 e. The number of benzene rings is 1. The van der Waals surface area contributed by atoms with E-state index in [1.807, 2.05) is 0 Å². The minimum atomic E-state index is -0.529. The third-order valence-corrected chi connectivity index (χ3v) is 4.97. The lowest BCUT2D eigenvalue weighted by molar-refractivity contribution is -0.126. The van der Waals surface area contributed by atoms with Crippen molar-refractivity contribution in [2.75, 3.05) is 37.6 Å². The van der Waals surface area contributed by atoms with Gasteiger partial charge in [-0.2, -0.15) is 0 Å². The topological polar surface area (TPSA) is 52.7 Å². The molecule has 1 unspecified atom stereocenters. The van der Waals surface area contributed by atoms with Crippen LogP contribution in [0.2, 0.25) is 5.02 Å². The average molecular weight is 412 g/mol. The van der Waals surface area contributed by atoms with Gasteiger partial charge in [-0.3, -0.25) is 9.59 Å². The van der Waals surface area contributed by atoms with Gasteiger partial charge in [0.25, 0.3) is 0 Å². The van der Waals surface area contributed by atoms with E-state index in [0.29, 0.717) is 24.1 Å². The molecule has 1 heterocycles. The molecule has 1 aromatic carbocycles. The molecule has 1 aliphatic heterocycles. The first-order chi connectivity index (χ1) is 13.2. The summed E-state index contributed by atoms with van der Waals surface area (Å²) in [7, 11) is 0. The van der Waals surface area contributed by atoms with Crippen molar-refractivity contribution in [2.45, 2.75) is 34.1 Å². The molecule has 0 saturated carbocycles. The number of hydrogen-bond donors (Lipinski definition) is 1. The van der Waals surface area contributed by atoms with Crippen molar-refractivity contribution in [1.29, 1.82) is 0 Å². The number of nitrogens with zero attached hydrogens (tertiary/aromatic N) is 2. The predicted molar refractivity (Wildman–Crippen MR) is 111 cm³/mol. The van der Waals surface area contributed by atoms with Crippen LogP contribution in [-0.4, -0.2) is 49.4 Å². The van der Waals surface area contributed by atoms with E-state index in [1.165, 1.54) is 23.1 Å². The summed E-state index contributed by atoms with van der Waals surface area (Å²) in [6, 6.07) is 4.16. The van der Waals surface area contributed by atoms with Crippen molar-refractivity contribution in [3.63, 3.8) is 0 Å². The lowest BCUT2D eigenvalue weighted by Gasteiger charge is -2.26. The van der Waals surface area contributed by atoms with E-state index in [0.717, 1.165) is 19.6 Å². The first-order valence-corrected chi connectivity index (χ1v) is 10.3. The summed E-state index contributed by atoms with van der Waals surface area (Å²) >= 11 is 5.81. The average Bonchev–Trinajstić information content (AvgIpc) is 2.98. The van der Waals surface area contributed by atoms with E-state index in [9.17, 15) is 14.0 Å². The molecule has 1 aliphatic rings. The van der Waals surface area contributed by atoms with Gasteiger partial charge in [-0.15, -0.1) is 0 Å². The standard InChI is InChI=1S/C21H31ClFN3O2/c1-14(2)11-25(12-15(3)4)8-7-24-21(28)16-9-20(27)26(13-16)17-5-6-19(23)18(22)10-17/h5-6,10,14-16H,7-9,11-13H2,1-4H3,(H,24,28). The molecule has 0 aromatic heterocycles. The highest BCUT2D eigenvalue weighted by Crippen LogP contribution is 2.28. The SMILES string of the molecule is CC(C)CN(CCNC(=O)C1CC(=O)N(c2ccc(F)c(Cl)c2)C1)CC(C)C. The second-order valence-corrected chi connectivity index (χ2v) is 8.75. The highest BCUT2D eigenvalue weighted by atomic mass is 35.5. The fourth-order valence-corrected chi connectivity index (χ4v) is 3.73. The summed E-state index contributed by atoms with van der Waals surface area (Å²) in [5, 5.41) is 2.94. The van der Waals surface area contributed by atoms with E-state index in [2.05, 4.69) is 37.9 Å². The smallest absolute Gasteiger partial charge is 0.227 e. The quantitative estimate of drug-likeness (QED) is 0.676. The number of carbonyl (C=O) groups excluding carboxylic acids is 2. The zero-order valence-electron chi connectivity index (χ0n) is 17.2. The molecule has 1 atom stereocenters. The number of nitrogens with one attached hydrogen (secondary N) is 1. The number of amides is 2. The highest BCUT2D eigenvalue weighted by molar-refractivity contribution is 6.31. The maximum atomic E-state index is 13.3. The molecule has 1 fully saturated rings. The lowest BCUT2D eigenvalue weighted by atomic mass is 10.1. The molecule has 1 aromatic rings. The Bertz CT molecular complexity index is 686. The molecule has 7 heteroatoms. The zero-order chi connectivity index (χ0) is 20.8. The van der Waals surface area contributed by atoms with Crippen molar-refractivity contribution in [3.8, 4) is 0 Å². The van der Waals surface area contributed by atoms with Gasteiger partial charge < -0.3 is 15.1 Å². The molecule has 0 spiro atoms. The van der Waals surface area contributed by atoms with Gasteiger partial charge in [0.1, 0.15) is 5.82 Å². The number of carbonyl (C=O) groups is 2. The summed E-state index contributed by atoms with van der Waals surface area (Å²) in [4.78, 5) is 28.7. The second-order valence-electron chi connectivity index (χ2n) is 8.34. The minimum Gasteiger partial charge on any atom is -0.355 e. The molecular formula is C21H31ClFN3O2. The molecule has 2 rings (SSSR count). The van der Waals surface area contributed by atoms with E-state index in [-0.39, 0.29) is 29.8 Å². The van der Waals surface area contributed by atoms with Crippen molar-refractivity contribution in [1.82, 2.24) is 10.2 Å². The molecule has 5 nitrogen and oxygen atoms in total. The summed E-state index contributed by atoms with van der Waals surface area (Å²) in [5.41, 5.74) is 0.520. The van der Waals surface area contributed by atoms with Crippen LogP contribution in [0.3, 0.4) is 0 Å². The van der Waals surface area contributed by atoms with Crippen LogP contribution >= 0.6 is 11.6 Å². The van der Waals surface area contributed by atoms with Gasteiger partial charge in [-0.05, 0) is 30.0 Å². The van der Waals surface area contributed by atoms with Crippen LogP contribution in [0.25, 0.3) is 0 Å². The summed E-state index contributed by atoms with van der Waals surface area (Å²) in [6.45, 7) is 12.4. The summed E-state index contributed by atoms with van der Waals surface area (Å²) in [6.07, 6.45) is 0.155. The number of halogens is 2. The van der Waals surface area contributed by atoms with Crippen LogP contribution in [0, 0.1) is 23.6 Å². The van der Waals surface area contributed by atoms with E-state index < -0.39 is 11.7 Å². The van der Waals surface area contributed by atoms with E-state index >= 15 is 0 Å². The van der Waals surface area contributed by atoms with Gasteiger partial charge >= 0.3 is 0 Å². The van der Waals surface area contributed by atoms with Crippen molar-refractivity contribution < 1.29 is 14.0 Å². The third-order valence-electron chi connectivity index (χ3n) is 4.68. The number of rotatable bonds is 9. The van der Waals surface area contributed by atoms with Crippen LogP contribution < -0.4 is 10.2 Å². The Kier molecular flexibility index (Phi) is 8.25. The molecule has 156 valence electrons. The van der Waals surface area contributed by atoms with Crippen LogP contribution in [0.15, 0.2) is 18.2 Å². The first kappa shape index (κ1) is 22.6. The van der Waals surface area contributed by atoms with Crippen LogP contribution in [0.4, 0.5) is 10.1 Å². The van der Waals surface area contributed by atoms with Crippen LogP contribution in [0.5, 0.6) is 0 Å². The minimum absolute atomic E-state index is 0.0337. The fourth-order valence-electron chi connectivity index (χ4n) is 3.56. The van der Waals surface area contributed by atoms with Gasteiger partial charge in [0, 0.05) is 44.8 Å². The summed E-state index contributed by atoms with van der Waals surface area (Å²) in [5.74, 6) is -0.0585. The lowest BCUT2D eigenvalue weighted by Crippen LogP contribution is -2.40. The largest absolute Gasteiger partial charge is 0.355 e. The van der Waals surface area contributed by atoms with E-state index in [4.69, 9.17) is 11.6 Å². The molecule has 0 aliphatic carbocycles. The molecule has 28 heavy (non-hydrogen) atoms. The monoisotopic (exact) mass is 411 g/mol. The van der Waals surface area contributed by atoms with Gasteiger partial charge in [0.05, 0.1) is 10.9 Å². The van der Waals surface area contributed by atoms with Gasteiger partial charge in [-0.25, -0.2) is 4.39 Å². The highest BCUT2D eigenvalue weighted by Gasteiger charge is 2.35. The third kappa shape index (κ3) is 6.45. The van der Waals surface area contributed by atoms with Gasteiger partial charge in [0.15, 0.2) is 0 Å². The Morgan fingerprint density at radius 3 is 2.50 bits per heavy atom. The Morgan fingerprint density at radius 1 is 1.29 bits per heavy atom. The number of hydrogen-bond acceptors (Lipinski definition) is 3. The zero-order valence-corrected chi connectivity index (χ0v) is 17.9. The normalized spacial score (nSPS) is 17.2. The van der Waals surface area contributed by atoms with Crippen LogP contribution in [-0.2, 0) is 9.59 Å². The van der Waals surface area contributed by atoms with Gasteiger partial charge in [-0.1, -0.05) is 39.3 Å². The van der Waals surface area contributed by atoms with E-state index in [1.54, 1.807) is 0 Å². The first-order valence-electron chi connectivity index (χ1n) is 9.92. The Labute approximate surface area is 172 Å². The van der Waals surface area contributed by atoms with Crippen molar-refractivity contribution in [3.05, 3.63) is 29.0 Å². The fraction of sp³-hybridized carbons (Fsp3) is 0.619. The maximum absolute atomic E-state index is 13.3. The van der Waals surface area contributed by atoms with Crippen molar-refractivity contribution in [2.24, 2.45) is 17.8 Å². The van der Waals surface area contributed by atoms with Crippen LogP contribution in [0.1, 0.15) is 34.1 Å².